The van der Waals surface area contributed by atoms with Gasteiger partial charge in [-0.2, -0.15) is 0 Å². The van der Waals surface area contributed by atoms with E-state index in [0.29, 0.717) is 12.8 Å². The van der Waals surface area contributed by atoms with E-state index in [-0.39, 0.29) is 10.7 Å². The van der Waals surface area contributed by atoms with Crippen LogP contribution in [0, 0.1) is 5.82 Å². The number of sulfonamides is 1. The summed E-state index contributed by atoms with van der Waals surface area (Å²) in [4.78, 5) is 0. The highest BCUT2D eigenvalue weighted by molar-refractivity contribution is 7.93. The first kappa shape index (κ1) is 14.4. The normalized spacial score (nSPS) is 17.4. The highest BCUT2D eigenvalue weighted by Gasteiger charge is 2.28. The smallest absolute Gasteiger partial charge is 0.235 e. The molecule has 1 fully saturated rings. The molecule has 106 valence electrons. The summed E-state index contributed by atoms with van der Waals surface area (Å²) in [6.45, 7) is 0. The molecule has 1 aromatic rings. The number of benzene rings is 1. The highest BCUT2D eigenvalue weighted by Crippen LogP contribution is 2.34. The van der Waals surface area contributed by atoms with Gasteiger partial charge in [0.05, 0.1) is 16.0 Å². The standard InChI is InChI=1S/C12H15ClFNO3S/c13-10-6-8(14)7-11(12(10)16)15-19(17,18)9-4-2-1-3-5-9/h6-7,9,15-16H,1-5H2. The Labute approximate surface area is 116 Å². The maximum atomic E-state index is 13.2. The first-order valence-corrected chi connectivity index (χ1v) is 8.02. The number of halogens is 2. The van der Waals surface area contributed by atoms with Gasteiger partial charge in [0.2, 0.25) is 10.0 Å². The average molecular weight is 308 g/mol. The molecule has 0 heterocycles. The van der Waals surface area contributed by atoms with E-state index in [0.717, 1.165) is 31.4 Å². The predicted octanol–water partition coefficient (Wildman–Crippen LogP) is 3.26. The third kappa shape index (κ3) is 3.30. The molecule has 2 rings (SSSR count). The predicted molar refractivity (Wildman–Crippen MR) is 72.5 cm³/mol. The zero-order valence-electron chi connectivity index (χ0n) is 10.2. The summed E-state index contributed by atoms with van der Waals surface area (Å²) < 4.78 is 39.7. The van der Waals surface area contributed by atoms with E-state index >= 15 is 0 Å². The number of nitrogens with one attached hydrogen (secondary N) is 1. The number of anilines is 1. The Balaban J connectivity index is 2.25. The van der Waals surface area contributed by atoms with Crippen LogP contribution < -0.4 is 4.72 Å². The lowest BCUT2D eigenvalue weighted by Crippen LogP contribution is -2.29. The summed E-state index contributed by atoms with van der Waals surface area (Å²) in [7, 11) is -3.63. The van der Waals surface area contributed by atoms with E-state index in [4.69, 9.17) is 11.6 Å². The summed E-state index contributed by atoms with van der Waals surface area (Å²) in [5.74, 6) is -1.16. The van der Waals surface area contributed by atoms with Crippen LogP contribution in [0.25, 0.3) is 0 Å². The van der Waals surface area contributed by atoms with Crippen molar-refractivity contribution < 1.29 is 17.9 Å². The van der Waals surface area contributed by atoms with Gasteiger partial charge in [0, 0.05) is 6.07 Å². The summed E-state index contributed by atoms with van der Waals surface area (Å²) in [6.07, 6.45) is 3.92. The summed E-state index contributed by atoms with van der Waals surface area (Å²) in [6, 6.07) is 1.84. The lowest BCUT2D eigenvalue weighted by Gasteiger charge is -2.22. The van der Waals surface area contributed by atoms with Crippen molar-refractivity contribution in [1.82, 2.24) is 0 Å². The lowest BCUT2D eigenvalue weighted by molar-refractivity contribution is 0.474. The van der Waals surface area contributed by atoms with Crippen molar-refractivity contribution >= 4 is 27.3 Å². The molecule has 0 radical (unpaired) electrons. The van der Waals surface area contributed by atoms with Crippen LogP contribution in [0.3, 0.4) is 0 Å². The molecule has 1 aliphatic carbocycles. The minimum Gasteiger partial charge on any atom is -0.504 e. The van der Waals surface area contributed by atoms with Gasteiger partial charge in [-0.25, -0.2) is 12.8 Å². The van der Waals surface area contributed by atoms with Crippen molar-refractivity contribution in [2.75, 3.05) is 4.72 Å². The molecule has 0 amide bonds. The fourth-order valence-corrected chi connectivity index (χ4v) is 4.04. The molecule has 0 saturated heterocycles. The van der Waals surface area contributed by atoms with Crippen LogP contribution in [0.2, 0.25) is 5.02 Å². The number of aromatic hydroxyl groups is 1. The van der Waals surface area contributed by atoms with Crippen LogP contribution in [0.15, 0.2) is 12.1 Å². The lowest BCUT2D eigenvalue weighted by atomic mass is 10.0. The van der Waals surface area contributed by atoms with E-state index in [2.05, 4.69) is 4.72 Å². The van der Waals surface area contributed by atoms with E-state index < -0.39 is 26.8 Å². The van der Waals surface area contributed by atoms with Crippen LogP contribution in [0.1, 0.15) is 32.1 Å². The van der Waals surface area contributed by atoms with Crippen molar-refractivity contribution in [3.63, 3.8) is 0 Å². The maximum Gasteiger partial charge on any atom is 0.235 e. The molecule has 19 heavy (non-hydrogen) atoms. The number of phenolic OH excluding ortho intramolecular Hbond substituents is 1. The molecule has 2 N–H and O–H groups in total. The fourth-order valence-electron chi connectivity index (χ4n) is 2.26. The van der Waals surface area contributed by atoms with Crippen LogP contribution in [-0.2, 0) is 10.0 Å². The molecule has 1 saturated carbocycles. The second kappa shape index (κ2) is 5.54. The fraction of sp³-hybridized carbons (Fsp3) is 0.500. The Morgan fingerprint density at radius 1 is 1.26 bits per heavy atom. The number of rotatable bonds is 3. The van der Waals surface area contributed by atoms with Crippen molar-refractivity contribution in [3.8, 4) is 5.75 Å². The molecule has 0 aliphatic heterocycles. The molecular formula is C12H15ClFNO3S. The molecule has 0 atom stereocenters. The Hall–Kier alpha value is -1.01. The molecule has 1 aliphatic rings. The van der Waals surface area contributed by atoms with Gasteiger partial charge in [0.15, 0.2) is 5.75 Å². The third-order valence-corrected chi connectivity index (χ3v) is 5.41. The van der Waals surface area contributed by atoms with E-state index in [1.165, 1.54) is 0 Å². The maximum absolute atomic E-state index is 13.2. The van der Waals surface area contributed by atoms with E-state index in [1.807, 2.05) is 0 Å². The highest BCUT2D eigenvalue weighted by atomic mass is 35.5. The first-order valence-electron chi connectivity index (χ1n) is 6.10. The molecule has 4 nitrogen and oxygen atoms in total. The Morgan fingerprint density at radius 2 is 1.89 bits per heavy atom. The van der Waals surface area contributed by atoms with Crippen LogP contribution in [0.5, 0.6) is 5.75 Å². The molecule has 0 spiro atoms. The topological polar surface area (TPSA) is 66.4 Å². The third-order valence-electron chi connectivity index (χ3n) is 3.27. The SMILES string of the molecule is O=S(=O)(Nc1cc(F)cc(Cl)c1O)C1CCCCC1. The average Bonchev–Trinajstić information content (AvgIpc) is 2.36. The molecule has 0 bridgehead atoms. The first-order chi connectivity index (χ1) is 8.90. The minimum absolute atomic E-state index is 0.212. The molecule has 7 heteroatoms. The van der Waals surface area contributed by atoms with Gasteiger partial charge >= 0.3 is 0 Å². The molecule has 1 aromatic carbocycles. The number of phenols is 1. The van der Waals surface area contributed by atoms with Gasteiger partial charge in [0.1, 0.15) is 5.82 Å². The molecular weight excluding hydrogens is 293 g/mol. The van der Waals surface area contributed by atoms with Crippen LogP contribution in [0.4, 0.5) is 10.1 Å². The minimum atomic E-state index is -3.63. The molecule has 0 unspecified atom stereocenters. The van der Waals surface area contributed by atoms with Crippen LogP contribution >= 0.6 is 11.6 Å². The monoisotopic (exact) mass is 307 g/mol. The Morgan fingerprint density at radius 3 is 2.53 bits per heavy atom. The van der Waals surface area contributed by atoms with Gasteiger partial charge in [-0.15, -0.1) is 0 Å². The van der Waals surface area contributed by atoms with Gasteiger partial charge in [-0.1, -0.05) is 30.9 Å². The van der Waals surface area contributed by atoms with Crippen molar-refractivity contribution in [1.29, 1.82) is 0 Å². The van der Waals surface area contributed by atoms with Gasteiger partial charge < -0.3 is 5.11 Å². The van der Waals surface area contributed by atoms with Crippen LogP contribution in [-0.4, -0.2) is 18.8 Å². The van der Waals surface area contributed by atoms with Gasteiger partial charge in [-0.3, -0.25) is 4.72 Å². The zero-order valence-corrected chi connectivity index (χ0v) is 11.8. The second-order valence-electron chi connectivity index (χ2n) is 4.69. The zero-order chi connectivity index (χ0) is 14.0. The summed E-state index contributed by atoms with van der Waals surface area (Å²) in [5.41, 5.74) is -0.212. The Kier molecular flexibility index (Phi) is 4.20. The second-order valence-corrected chi connectivity index (χ2v) is 7.06. The van der Waals surface area contributed by atoms with E-state index in [9.17, 15) is 17.9 Å². The number of hydrogen-bond donors (Lipinski definition) is 2. The van der Waals surface area contributed by atoms with Crippen molar-refractivity contribution in [2.24, 2.45) is 0 Å². The number of hydrogen-bond acceptors (Lipinski definition) is 3. The van der Waals surface area contributed by atoms with Crippen molar-refractivity contribution in [2.45, 2.75) is 37.4 Å². The van der Waals surface area contributed by atoms with Gasteiger partial charge in [0.25, 0.3) is 0 Å². The van der Waals surface area contributed by atoms with Crippen molar-refractivity contribution in [3.05, 3.63) is 23.0 Å². The van der Waals surface area contributed by atoms with E-state index in [1.54, 1.807) is 0 Å². The quantitative estimate of drug-likeness (QED) is 0.842. The Bertz CT molecular complexity index is 571. The summed E-state index contributed by atoms with van der Waals surface area (Å²) >= 11 is 5.61. The summed E-state index contributed by atoms with van der Waals surface area (Å²) in [5, 5.41) is 8.94. The molecule has 0 aromatic heterocycles. The van der Waals surface area contributed by atoms with Gasteiger partial charge in [-0.05, 0) is 18.9 Å². The largest absolute Gasteiger partial charge is 0.504 e.